The van der Waals surface area contributed by atoms with E-state index < -0.39 is 6.04 Å². The van der Waals surface area contributed by atoms with Gasteiger partial charge < -0.3 is 16.0 Å². The van der Waals surface area contributed by atoms with Crippen LogP contribution in [-0.2, 0) is 4.79 Å². The molecular weight excluding hydrogens is 202 g/mol. The van der Waals surface area contributed by atoms with Gasteiger partial charge in [0.25, 0.3) is 0 Å². The minimum atomic E-state index is -0.402. The summed E-state index contributed by atoms with van der Waals surface area (Å²) in [4.78, 5) is 13.4. The molecule has 0 aliphatic carbocycles. The summed E-state index contributed by atoms with van der Waals surface area (Å²) in [7, 11) is 3.98. The number of carbonyl (C=O) groups is 1. The van der Waals surface area contributed by atoms with E-state index in [2.05, 4.69) is 10.2 Å². The van der Waals surface area contributed by atoms with Gasteiger partial charge in [0.05, 0.1) is 0 Å². The SMILES string of the molecule is CN(C)CCNC(C(N)=O)c1ccccc1. The van der Waals surface area contributed by atoms with Gasteiger partial charge >= 0.3 is 0 Å². The molecule has 1 atom stereocenters. The van der Waals surface area contributed by atoms with Crippen molar-refractivity contribution < 1.29 is 4.79 Å². The highest BCUT2D eigenvalue weighted by atomic mass is 16.1. The number of benzene rings is 1. The maximum atomic E-state index is 11.3. The molecule has 1 aromatic carbocycles. The van der Waals surface area contributed by atoms with Crippen molar-refractivity contribution >= 4 is 5.91 Å². The molecule has 0 saturated carbocycles. The fraction of sp³-hybridized carbons (Fsp3) is 0.417. The maximum absolute atomic E-state index is 11.3. The number of hydrogen-bond acceptors (Lipinski definition) is 3. The molecule has 0 aliphatic heterocycles. The average molecular weight is 221 g/mol. The lowest BCUT2D eigenvalue weighted by atomic mass is 10.1. The predicted octanol–water partition coefficient (Wildman–Crippen LogP) is 0.364. The second-order valence-corrected chi connectivity index (χ2v) is 4.00. The number of nitrogens with zero attached hydrogens (tertiary/aromatic N) is 1. The second-order valence-electron chi connectivity index (χ2n) is 4.00. The molecule has 0 spiro atoms. The van der Waals surface area contributed by atoms with Gasteiger partial charge in [-0.2, -0.15) is 0 Å². The molecule has 0 saturated heterocycles. The average Bonchev–Trinajstić information content (AvgIpc) is 2.25. The fourth-order valence-electron chi connectivity index (χ4n) is 1.46. The number of nitrogens with two attached hydrogens (primary N) is 1. The van der Waals surface area contributed by atoms with E-state index >= 15 is 0 Å². The summed E-state index contributed by atoms with van der Waals surface area (Å²) in [6.07, 6.45) is 0. The Morgan fingerprint density at radius 1 is 1.38 bits per heavy atom. The molecule has 0 heterocycles. The zero-order chi connectivity index (χ0) is 12.0. The first-order valence-corrected chi connectivity index (χ1v) is 5.33. The Hall–Kier alpha value is -1.39. The zero-order valence-corrected chi connectivity index (χ0v) is 9.81. The van der Waals surface area contributed by atoms with Crippen LogP contribution < -0.4 is 11.1 Å². The van der Waals surface area contributed by atoms with Gasteiger partial charge in [-0.3, -0.25) is 4.79 Å². The van der Waals surface area contributed by atoms with Crippen molar-refractivity contribution in [3.05, 3.63) is 35.9 Å². The summed E-state index contributed by atoms with van der Waals surface area (Å²) in [5, 5.41) is 3.15. The maximum Gasteiger partial charge on any atom is 0.239 e. The van der Waals surface area contributed by atoms with Crippen molar-refractivity contribution in [3.63, 3.8) is 0 Å². The molecule has 0 aliphatic rings. The van der Waals surface area contributed by atoms with Gasteiger partial charge in [-0.15, -0.1) is 0 Å². The number of carbonyl (C=O) groups excluding carboxylic acids is 1. The smallest absolute Gasteiger partial charge is 0.239 e. The van der Waals surface area contributed by atoms with Gasteiger partial charge in [0, 0.05) is 13.1 Å². The van der Waals surface area contributed by atoms with Crippen molar-refractivity contribution in [2.45, 2.75) is 6.04 Å². The van der Waals surface area contributed by atoms with E-state index in [1.807, 2.05) is 44.4 Å². The third-order valence-electron chi connectivity index (χ3n) is 2.32. The quantitative estimate of drug-likeness (QED) is 0.729. The molecule has 0 fully saturated rings. The van der Waals surface area contributed by atoms with E-state index in [9.17, 15) is 4.79 Å². The molecule has 0 bridgehead atoms. The van der Waals surface area contributed by atoms with Crippen LogP contribution in [0.2, 0.25) is 0 Å². The molecule has 0 radical (unpaired) electrons. The highest BCUT2D eigenvalue weighted by Gasteiger charge is 2.15. The van der Waals surface area contributed by atoms with Gasteiger partial charge in [-0.05, 0) is 19.7 Å². The number of rotatable bonds is 6. The predicted molar refractivity (Wildman–Crippen MR) is 64.9 cm³/mol. The minimum Gasteiger partial charge on any atom is -0.368 e. The normalized spacial score (nSPS) is 12.7. The number of primary amides is 1. The summed E-state index contributed by atoms with van der Waals surface area (Å²) in [5.74, 6) is -0.343. The van der Waals surface area contributed by atoms with E-state index in [0.29, 0.717) is 0 Å². The topological polar surface area (TPSA) is 58.4 Å². The lowest BCUT2D eigenvalue weighted by Gasteiger charge is -2.17. The van der Waals surface area contributed by atoms with E-state index in [1.54, 1.807) is 0 Å². The summed E-state index contributed by atoms with van der Waals surface area (Å²) in [6.45, 7) is 1.60. The lowest BCUT2D eigenvalue weighted by Crippen LogP contribution is -2.37. The zero-order valence-electron chi connectivity index (χ0n) is 9.81. The largest absolute Gasteiger partial charge is 0.368 e. The molecule has 16 heavy (non-hydrogen) atoms. The van der Waals surface area contributed by atoms with Gasteiger partial charge in [0.2, 0.25) is 5.91 Å². The molecule has 4 heteroatoms. The van der Waals surface area contributed by atoms with E-state index in [4.69, 9.17) is 5.73 Å². The Morgan fingerprint density at radius 3 is 2.50 bits per heavy atom. The van der Waals surface area contributed by atoms with E-state index in [0.717, 1.165) is 18.7 Å². The molecule has 1 unspecified atom stereocenters. The summed E-state index contributed by atoms with van der Waals surface area (Å²) < 4.78 is 0. The van der Waals surface area contributed by atoms with Crippen LogP contribution in [0.5, 0.6) is 0 Å². The summed E-state index contributed by atoms with van der Waals surface area (Å²) in [6, 6.07) is 9.12. The number of hydrogen-bond donors (Lipinski definition) is 2. The van der Waals surface area contributed by atoms with Crippen molar-refractivity contribution in [1.29, 1.82) is 0 Å². The van der Waals surface area contributed by atoms with Gasteiger partial charge in [0.15, 0.2) is 0 Å². The number of likely N-dealkylation sites (N-methyl/N-ethyl adjacent to an activating group) is 1. The number of nitrogens with one attached hydrogen (secondary N) is 1. The lowest BCUT2D eigenvalue weighted by molar-refractivity contribution is -0.120. The Kier molecular flexibility index (Phi) is 4.95. The van der Waals surface area contributed by atoms with Crippen LogP contribution in [0.3, 0.4) is 0 Å². The molecule has 1 rings (SSSR count). The van der Waals surface area contributed by atoms with Crippen molar-refractivity contribution in [1.82, 2.24) is 10.2 Å². The first kappa shape index (κ1) is 12.7. The van der Waals surface area contributed by atoms with Crippen molar-refractivity contribution in [2.75, 3.05) is 27.2 Å². The Labute approximate surface area is 96.4 Å². The highest BCUT2D eigenvalue weighted by Crippen LogP contribution is 2.11. The van der Waals surface area contributed by atoms with Crippen LogP contribution in [0.1, 0.15) is 11.6 Å². The molecule has 1 aromatic rings. The van der Waals surface area contributed by atoms with Gasteiger partial charge in [-0.25, -0.2) is 0 Å². The molecule has 88 valence electrons. The second kappa shape index (κ2) is 6.25. The van der Waals surface area contributed by atoms with Crippen LogP contribution >= 0.6 is 0 Å². The van der Waals surface area contributed by atoms with Crippen LogP contribution in [0, 0.1) is 0 Å². The van der Waals surface area contributed by atoms with Crippen LogP contribution in [0.25, 0.3) is 0 Å². The van der Waals surface area contributed by atoms with Gasteiger partial charge in [-0.1, -0.05) is 30.3 Å². The standard InChI is InChI=1S/C12H19N3O/c1-15(2)9-8-14-11(12(13)16)10-6-4-3-5-7-10/h3-7,11,14H,8-9H2,1-2H3,(H2,13,16). The molecule has 0 aromatic heterocycles. The van der Waals surface area contributed by atoms with Crippen LogP contribution in [0.15, 0.2) is 30.3 Å². The number of amides is 1. The summed E-state index contributed by atoms with van der Waals surface area (Å²) in [5.41, 5.74) is 6.28. The van der Waals surface area contributed by atoms with Crippen molar-refractivity contribution in [2.24, 2.45) is 5.73 Å². The molecule has 1 amide bonds. The first-order chi connectivity index (χ1) is 7.61. The Balaban J connectivity index is 2.59. The van der Waals surface area contributed by atoms with Gasteiger partial charge in [0.1, 0.15) is 6.04 Å². The van der Waals surface area contributed by atoms with E-state index in [-0.39, 0.29) is 5.91 Å². The minimum absolute atomic E-state index is 0.343. The Morgan fingerprint density at radius 2 is 2.00 bits per heavy atom. The van der Waals surface area contributed by atoms with Crippen LogP contribution in [-0.4, -0.2) is 38.0 Å². The summed E-state index contributed by atoms with van der Waals surface area (Å²) >= 11 is 0. The third kappa shape index (κ3) is 4.00. The third-order valence-corrected chi connectivity index (χ3v) is 2.32. The molecule has 3 N–H and O–H groups in total. The Bertz CT molecular complexity index is 324. The molecular formula is C12H19N3O. The van der Waals surface area contributed by atoms with E-state index in [1.165, 1.54) is 0 Å². The fourth-order valence-corrected chi connectivity index (χ4v) is 1.46. The first-order valence-electron chi connectivity index (χ1n) is 5.33. The van der Waals surface area contributed by atoms with Crippen LogP contribution in [0.4, 0.5) is 0 Å². The van der Waals surface area contributed by atoms with Crippen molar-refractivity contribution in [3.8, 4) is 0 Å². The monoisotopic (exact) mass is 221 g/mol. The molecule has 4 nitrogen and oxygen atoms in total. The highest BCUT2D eigenvalue weighted by molar-refractivity contribution is 5.81.